The molecule has 4 nitrogen and oxygen atoms in total. The molecule has 0 atom stereocenters. The molecule has 0 aromatic heterocycles. The summed E-state index contributed by atoms with van der Waals surface area (Å²) in [5, 5.41) is 2.50. The van der Waals surface area contributed by atoms with Crippen LogP contribution < -0.4 is 15.8 Å². The molecule has 7 heteroatoms. The summed E-state index contributed by atoms with van der Waals surface area (Å²) in [6.45, 7) is 2.22. The summed E-state index contributed by atoms with van der Waals surface area (Å²) < 4.78 is 44.1. The average molecular weight is 352 g/mol. The number of nitrogen functional groups attached to an aromatic ring is 1. The Bertz CT molecular complexity index is 728. The van der Waals surface area contributed by atoms with Crippen LogP contribution >= 0.6 is 0 Å². The van der Waals surface area contributed by atoms with Crippen LogP contribution in [-0.4, -0.2) is 12.5 Å². The highest BCUT2D eigenvalue weighted by Gasteiger charge is 2.31. The zero-order valence-corrected chi connectivity index (χ0v) is 13.7. The number of halogens is 3. The molecule has 0 fully saturated rings. The Hall–Kier alpha value is -2.70. The van der Waals surface area contributed by atoms with E-state index in [1.807, 2.05) is 6.92 Å². The molecule has 2 aromatic rings. The van der Waals surface area contributed by atoms with Crippen LogP contribution in [0.15, 0.2) is 42.5 Å². The van der Waals surface area contributed by atoms with E-state index in [0.29, 0.717) is 24.3 Å². The van der Waals surface area contributed by atoms with Crippen molar-refractivity contribution in [3.63, 3.8) is 0 Å². The van der Waals surface area contributed by atoms with Gasteiger partial charge in [-0.15, -0.1) is 0 Å². The van der Waals surface area contributed by atoms with Crippen molar-refractivity contribution in [1.82, 2.24) is 0 Å². The topological polar surface area (TPSA) is 64.3 Å². The Balaban J connectivity index is 2.19. The van der Waals surface area contributed by atoms with Crippen molar-refractivity contribution >= 4 is 17.3 Å². The maximum Gasteiger partial charge on any atom is 0.416 e. The van der Waals surface area contributed by atoms with Crippen molar-refractivity contribution in [2.24, 2.45) is 0 Å². The molecule has 0 aliphatic heterocycles. The second-order valence-corrected chi connectivity index (χ2v) is 5.52. The van der Waals surface area contributed by atoms with E-state index >= 15 is 0 Å². The van der Waals surface area contributed by atoms with Crippen LogP contribution in [0.1, 0.15) is 24.5 Å². The maximum absolute atomic E-state index is 12.9. The van der Waals surface area contributed by atoms with E-state index in [9.17, 15) is 18.0 Å². The molecule has 0 radical (unpaired) electrons. The van der Waals surface area contributed by atoms with Crippen molar-refractivity contribution in [2.75, 3.05) is 17.7 Å². The molecule has 0 bridgehead atoms. The molecule has 134 valence electrons. The van der Waals surface area contributed by atoms with Gasteiger partial charge in [-0.05, 0) is 42.3 Å². The third-order valence-electron chi connectivity index (χ3n) is 3.39. The quantitative estimate of drug-likeness (QED) is 0.764. The molecule has 0 unspecified atom stereocenters. The third-order valence-corrected chi connectivity index (χ3v) is 3.39. The van der Waals surface area contributed by atoms with Crippen molar-refractivity contribution in [1.29, 1.82) is 0 Å². The number of hydrogen-bond donors (Lipinski definition) is 2. The lowest BCUT2D eigenvalue weighted by Crippen LogP contribution is -2.16. The van der Waals surface area contributed by atoms with E-state index < -0.39 is 17.6 Å². The molecule has 25 heavy (non-hydrogen) atoms. The third kappa shape index (κ3) is 5.41. The lowest BCUT2D eigenvalue weighted by Gasteiger charge is -2.15. The first-order valence-corrected chi connectivity index (χ1v) is 7.78. The molecule has 0 saturated heterocycles. The van der Waals surface area contributed by atoms with Crippen LogP contribution in [0.25, 0.3) is 0 Å². The van der Waals surface area contributed by atoms with Gasteiger partial charge in [0.05, 0.1) is 24.3 Å². The number of benzene rings is 2. The highest BCUT2D eigenvalue weighted by Crippen LogP contribution is 2.35. The molecule has 2 rings (SSSR count). The van der Waals surface area contributed by atoms with Crippen molar-refractivity contribution in [2.45, 2.75) is 25.9 Å². The summed E-state index contributed by atoms with van der Waals surface area (Å²) >= 11 is 0. The molecule has 0 heterocycles. The first-order chi connectivity index (χ1) is 11.8. The summed E-state index contributed by atoms with van der Waals surface area (Å²) in [5.41, 5.74) is 6.01. The van der Waals surface area contributed by atoms with Crippen molar-refractivity contribution < 1.29 is 22.7 Å². The van der Waals surface area contributed by atoms with E-state index in [1.165, 1.54) is 6.07 Å². The Kier molecular flexibility index (Phi) is 5.90. The highest BCUT2D eigenvalue weighted by atomic mass is 19.4. The fourth-order valence-corrected chi connectivity index (χ4v) is 2.16. The Morgan fingerprint density at radius 2 is 1.84 bits per heavy atom. The molecule has 1 amide bonds. The SMILES string of the molecule is CCCOc1ccc(C(F)(F)F)cc1NC(=O)Cc1ccc(N)cc1. The molecular formula is C18H19F3N2O2. The number of carbonyl (C=O) groups excluding carboxylic acids is 1. The van der Waals surface area contributed by atoms with E-state index in [1.54, 1.807) is 24.3 Å². The first kappa shape index (κ1) is 18.6. The minimum absolute atomic E-state index is 0.00344. The number of nitrogens with one attached hydrogen (secondary N) is 1. The lowest BCUT2D eigenvalue weighted by atomic mass is 10.1. The van der Waals surface area contributed by atoms with E-state index in [2.05, 4.69) is 5.32 Å². The number of rotatable bonds is 6. The largest absolute Gasteiger partial charge is 0.491 e. The Labute approximate surface area is 143 Å². The van der Waals surface area contributed by atoms with Gasteiger partial charge in [0, 0.05) is 5.69 Å². The number of carbonyl (C=O) groups is 1. The molecule has 0 aliphatic carbocycles. The molecule has 0 aliphatic rings. The van der Waals surface area contributed by atoms with Gasteiger partial charge in [-0.2, -0.15) is 13.2 Å². The second kappa shape index (κ2) is 7.92. The predicted octanol–water partition coefficient (Wildman–Crippen LogP) is 4.26. The minimum Gasteiger partial charge on any atom is -0.491 e. The van der Waals surface area contributed by atoms with Gasteiger partial charge in [0.2, 0.25) is 5.91 Å². The monoisotopic (exact) mass is 352 g/mol. The standard InChI is InChI=1S/C18H19F3N2O2/c1-2-9-25-16-8-5-13(18(19,20)21)11-15(16)23-17(24)10-12-3-6-14(22)7-4-12/h3-8,11H,2,9-10,22H2,1H3,(H,23,24). The van der Waals surface area contributed by atoms with E-state index in [4.69, 9.17) is 10.5 Å². The normalized spacial score (nSPS) is 11.2. The van der Waals surface area contributed by atoms with Gasteiger partial charge in [0.15, 0.2) is 0 Å². The Morgan fingerprint density at radius 3 is 2.44 bits per heavy atom. The predicted molar refractivity (Wildman–Crippen MR) is 90.4 cm³/mol. The molecular weight excluding hydrogens is 333 g/mol. The summed E-state index contributed by atoms with van der Waals surface area (Å²) in [4.78, 5) is 12.2. The summed E-state index contributed by atoms with van der Waals surface area (Å²) in [7, 11) is 0. The van der Waals surface area contributed by atoms with Gasteiger partial charge in [0.1, 0.15) is 5.75 Å². The summed E-state index contributed by atoms with van der Waals surface area (Å²) in [6, 6.07) is 9.72. The second-order valence-electron chi connectivity index (χ2n) is 5.52. The first-order valence-electron chi connectivity index (χ1n) is 7.78. The van der Waals surface area contributed by atoms with Gasteiger partial charge in [-0.3, -0.25) is 4.79 Å². The smallest absolute Gasteiger partial charge is 0.416 e. The number of anilines is 2. The molecule has 2 aromatic carbocycles. The van der Waals surface area contributed by atoms with Gasteiger partial charge in [-0.25, -0.2) is 0 Å². The van der Waals surface area contributed by atoms with Crippen LogP contribution in [0.5, 0.6) is 5.75 Å². The zero-order chi connectivity index (χ0) is 18.4. The summed E-state index contributed by atoms with van der Waals surface area (Å²) in [6.07, 6.45) is -3.79. The molecule has 3 N–H and O–H groups in total. The number of nitrogens with two attached hydrogens (primary N) is 1. The van der Waals surface area contributed by atoms with Gasteiger partial charge in [-0.1, -0.05) is 19.1 Å². The van der Waals surface area contributed by atoms with Gasteiger partial charge in [0.25, 0.3) is 0 Å². The van der Waals surface area contributed by atoms with Crippen LogP contribution in [0.2, 0.25) is 0 Å². The van der Waals surface area contributed by atoms with Crippen molar-refractivity contribution in [3.05, 3.63) is 53.6 Å². The summed E-state index contributed by atoms with van der Waals surface area (Å²) in [5.74, 6) is -0.231. The number of alkyl halides is 3. The van der Waals surface area contributed by atoms with Crippen molar-refractivity contribution in [3.8, 4) is 5.75 Å². The van der Waals surface area contributed by atoms with Gasteiger partial charge >= 0.3 is 6.18 Å². The fourth-order valence-electron chi connectivity index (χ4n) is 2.16. The zero-order valence-electron chi connectivity index (χ0n) is 13.7. The van der Waals surface area contributed by atoms with E-state index in [0.717, 1.165) is 12.1 Å². The average Bonchev–Trinajstić information content (AvgIpc) is 2.55. The fraction of sp³-hybridized carbons (Fsp3) is 0.278. The maximum atomic E-state index is 12.9. The Morgan fingerprint density at radius 1 is 1.16 bits per heavy atom. The van der Waals surface area contributed by atoms with Crippen LogP contribution in [0.4, 0.5) is 24.5 Å². The molecule has 0 saturated carbocycles. The minimum atomic E-state index is -4.50. The number of hydrogen-bond acceptors (Lipinski definition) is 3. The lowest BCUT2D eigenvalue weighted by molar-refractivity contribution is -0.137. The van der Waals surface area contributed by atoms with Crippen LogP contribution in [0.3, 0.4) is 0 Å². The highest BCUT2D eigenvalue weighted by molar-refractivity contribution is 5.93. The van der Waals surface area contributed by atoms with Crippen LogP contribution in [-0.2, 0) is 17.4 Å². The number of amides is 1. The van der Waals surface area contributed by atoms with Crippen LogP contribution in [0, 0.1) is 0 Å². The van der Waals surface area contributed by atoms with Gasteiger partial charge < -0.3 is 15.8 Å². The number of ether oxygens (including phenoxy) is 1. The molecule has 0 spiro atoms. The van der Waals surface area contributed by atoms with E-state index in [-0.39, 0.29) is 17.9 Å².